The number of rotatable bonds is 6. The van der Waals surface area contributed by atoms with Crippen LogP contribution in [-0.2, 0) is 6.54 Å². The van der Waals surface area contributed by atoms with Crippen molar-refractivity contribution in [2.45, 2.75) is 57.2 Å². The lowest BCUT2D eigenvalue weighted by molar-refractivity contribution is 0.1000. The standard InChI is InChI=1S/C14H27N5/c1-4-11-19-12(7-10-16-19)13(17-15)14(18(2)3)8-5-6-9-14/h7,10,13,17H,4-6,8-9,11,15H2,1-3H3. The molecule has 0 aliphatic heterocycles. The predicted octanol–water partition coefficient (Wildman–Crippen LogP) is 1.67. The second kappa shape index (κ2) is 6.03. The summed E-state index contributed by atoms with van der Waals surface area (Å²) in [4.78, 5) is 2.34. The van der Waals surface area contributed by atoms with Crippen molar-refractivity contribution in [3.8, 4) is 0 Å². The molecule has 0 bridgehead atoms. The van der Waals surface area contributed by atoms with E-state index in [0.717, 1.165) is 13.0 Å². The molecule has 0 amide bonds. The molecular weight excluding hydrogens is 238 g/mol. The SMILES string of the molecule is CCCn1nccc1C(NN)C1(N(C)C)CCCC1. The molecule has 1 fully saturated rings. The zero-order valence-corrected chi connectivity index (χ0v) is 12.4. The third kappa shape index (κ3) is 2.55. The molecule has 0 aromatic carbocycles. The fourth-order valence-electron chi connectivity index (χ4n) is 3.48. The second-order valence-corrected chi connectivity index (χ2v) is 5.78. The van der Waals surface area contributed by atoms with Crippen molar-refractivity contribution in [3.63, 3.8) is 0 Å². The Morgan fingerprint density at radius 2 is 2.16 bits per heavy atom. The van der Waals surface area contributed by atoms with Crippen LogP contribution >= 0.6 is 0 Å². The van der Waals surface area contributed by atoms with Crippen LogP contribution < -0.4 is 11.3 Å². The summed E-state index contributed by atoms with van der Waals surface area (Å²) in [5.74, 6) is 5.91. The van der Waals surface area contributed by atoms with E-state index in [9.17, 15) is 0 Å². The Bertz CT molecular complexity index is 392. The van der Waals surface area contributed by atoms with Crippen molar-refractivity contribution in [2.24, 2.45) is 5.84 Å². The van der Waals surface area contributed by atoms with Gasteiger partial charge in [0.15, 0.2) is 0 Å². The van der Waals surface area contributed by atoms with Gasteiger partial charge in [0.1, 0.15) is 0 Å². The van der Waals surface area contributed by atoms with Crippen molar-refractivity contribution in [3.05, 3.63) is 18.0 Å². The van der Waals surface area contributed by atoms with Gasteiger partial charge in [-0.2, -0.15) is 5.10 Å². The van der Waals surface area contributed by atoms with Crippen LogP contribution in [0.5, 0.6) is 0 Å². The maximum absolute atomic E-state index is 5.91. The lowest BCUT2D eigenvalue weighted by atomic mass is 9.85. The predicted molar refractivity (Wildman–Crippen MR) is 77.5 cm³/mol. The Balaban J connectivity index is 2.34. The number of hydrogen-bond acceptors (Lipinski definition) is 4. The first-order chi connectivity index (χ1) is 9.15. The van der Waals surface area contributed by atoms with Gasteiger partial charge in [-0.05, 0) is 39.4 Å². The first-order valence-electron chi connectivity index (χ1n) is 7.31. The third-order valence-corrected chi connectivity index (χ3v) is 4.54. The van der Waals surface area contributed by atoms with Gasteiger partial charge in [0, 0.05) is 18.3 Å². The average molecular weight is 265 g/mol. The minimum absolute atomic E-state index is 0.111. The highest BCUT2D eigenvalue weighted by Crippen LogP contribution is 2.42. The Morgan fingerprint density at radius 1 is 1.47 bits per heavy atom. The summed E-state index contributed by atoms with van der Waals surface area (Å²) in [5, 5.41) is 4.44. The van der Waals surface area contributed by atoms with E-state index in [-0.39, 0.29) is 11.6 Å². The summed E-state index contributed by atoms with van der Waals surface area (Å²) in [5.41, 5.74) is 4.38. The number of aromatic nitrogens is 2. The Hall–Kier alpha value is -0.910. The molecular formula is C14H27N5. The molecule has 1 heterocycles. The van der Waals surface area contributed by atoms with Crippen molar-refractivity contribution in [1.29, 1.82) is 0 Å². The van der Waals surface area contributed by atoms with Crippen LogP contribution in [-0.4, -0.2) is 34.3 Å². The van der Waals surface area contributed by atoms with E-state index in [0.29, 0.717) is 0 Å². The van der Waals surface area contributed by atoms with E-state index in [2.05, 4.69) is 47.2 Å². The molecule has 5 heteroatoms. The number of hydrazine groups is 1. The van der Waals surface area contributed by atoms with Crippen LogP contribution in [0.3, 0.4) is 0 Å². The molecule has 0 radical (unpaired) electrons. The van der Waals surface area contributed by atoms with Crippen molar-refractivity contribution >= 4 is 0 Å². The maximum atomic E-state index is 5.91. The normalized spacial score (nSPS) is 20.1. The molecule has 1 atom stereocenters. The monoisotopic (exact) mass is 265 g/mol. The van der Waals surface area contributed by atoms with Crippen molar-refractivity contribution in [2.75, 3.05) is 14.1 Å². The number of hydrogen-bond donors (Lipinski definition) is 2. The lowest BCUT2D eigenvalue weighted by Gasteiger charge is -2.43. The minimum atomic E-state index is 0.111. The van der Waals surface area contributed by atoms with Gasteiger partial charge in [0.25, 0.3) is 0 Å². The Morgan fingerprint density at radius 3 is 2.68 bits per heavy atom. The molecule has 1 unspecified atom stereocenters. The second-order valence-electron chi connectivity index (χ2n) is 5.78. The third-order valence-electron chi connectivity index (χ3n) is 4.54. The molecule has 5 nitrogen and oxygen atoms in total. The molecule has 1 aliphatic carbocycles. The summed E-state index contributed by atoms with van der Waals surface area (Å²) in [6.07, 6.45) is 7.89. The summed E-state index contributed by atoms with van der Waals surface area (Å²) in [6, 6.07) is 2.24. The highest BCUT2D eigenvalue weighted by Gasteiger charge is 2.44. The highest BCUT2D eigenvalue weighted by atomic mass is 15.3. The average Bonchev–Trinajstić information content (AvgIpc) is 3.02. The van der Waals surface area contributed by atoms with E-state index < -0.39 is 0 Å². The van der Waals surface area contributed by atoms with E-state index in [1.807, 2.05) is 6.20 Å². The molecule has 108 valence electrons. The largest absolute Gasteiger partial charge is 0.302 e. The molecule has 3 N–H and O–H groups in total. The topological polar surface area (TPSA) is 59.1 Å². The molecule has 19 heavy (non-hydrogen) atoms. The van der Waals surface area contributed by atoms with Gasteiger partial charge in [0.05, 0.1) is 11.7 Å². The zero-order chi connectivity index (χ0) is 13.9. The lowest BCUT2D eigenvalue weighted by Crippen LogP contribution is -2.54. The molecule has 1 saturated carbocycles. The Labute approximate surface area is 116 Å². The van der Waals surface area contributed by atoms with E-state index in [1.165, 1.54) is 31.4 Å². The highest BCUT2D eigenvalue weighted by molar-refractivity contribution is 5.16. The van der Waals surface area contributed by atoms with Crippen LogP contribution in [0, 0.1) is 0 Å². The molecule has 2 rings (SSSR count). The van der Waals surface area contributed by atoms with Crippen LogP contribution in [0.2, 0.25) is 0 Å². The van der Waals surface area contributed by atoms with Crippen LogP contribution in [0.4, 0.5) is 0 Å². The van der Waals surface area contributed by atoms with Crippen LogP contribution in [0.1, 0.15) is 50.8 Å². The fraction of sp³-hybridized carbons (Fsp3) is 0.786. The first-order valence-corrected chi connectivity index (χ1v) is 7.31. The molecule has 1 aliphatic rings. The van der Waals surface area contributed by atoms with Gasteiger partial charge in [-0.1, -0.05) is 19.8 Å². The maximum Gasteiger partial charge on any atom is 0.0812 e. The molecule has 0 spiro atoms. The van der Waals surface area contributed by atoms with Crippen molar-refractivity contribution < 1.29 is 0 Å². The summed E-state index contributed by atoms with van der Waals surface area (Å²) >= 11 is 0. The van der Waals surface area contributed by atoms with Crippen molar-refractivity contribution in [1.82, 2.24) is 20.1 Å². The van der Waals surface area contributed by atoms with E-state index in [4.69, 9.17) is 5.84 Å². The summed E-state index contributed by atoms with van der Waals surface area (Å²) in [7, 11) is 4.33. The van der Waals surface area contributed by atoms with Gasteiger partial charge in [-0.15, -0.1) is 0 Å². The zero-order valence-electron chi connectivity index (χ0n) is 12.4. The van der Waals surface area contributed by atoms with Crippen LogP contribution in [0.25, 0.3) is 0 Å². The number of likely N-dealkylation sites (N-methyl/N-ethyl adjacent to an activating group) is 1. The van der Waals surface area contributed by atoms with Gasteiger partial charge in [-0.25, -0.2) is 5.43 Å². The summed E-state index contributed by atoms with van der Waals surface area (Å²) in [6.45, 7) is 3.12. The van der Waals surface area contributed by atoms with Gasteiger partial charge >= 0.3 is 0 Å². The number of nitrogens with zero attached hydrogens (tertiary/aromatic N) is 3. The minimum Gasteiger partial charge on any atom is -0.302 e. The number of nitrogens with one attached hydrogen (secondary N) is 1. The van der Waals surface area contributed by atoms with E-state index >= 15 is 0 Å². The van der Waals surface area contributed by atoms with E-state index in [1.54, 1.807) is 0 Å². The fourth-order valence-corrected chi connectivity index (χ4v) is 3.48. The quantitative estimate of drug-likeness (QED) is 0.607. The summed E-state index contributed by atoms with van der Waals surface area (Å²) < 4.78 is 2.09. The smallest absolute Gasteiger partial charge is 0.0812 e. The Kier molecular flexibility index (Phi) is 4.60. The molecule has 0 saturated heterocycles. The molecule has 1 aromatic rings. The van der Waals surface area contributed by atoms with Gasteiger partial charge in [0.2, 0.25) is 0 Å². The van der Waals surface area contributed by atoms with Crippen LogP contribution in [0.15, 0.2) is 12.3 Å². The number of aryl methyl sites for hydroxylation is 1. The molecule has 1 aromatic heterocycles. The first kappa shape index (κ1) is 14.5. The number of nitrogens with two attached hydrogens (primary N) is 1. The van der Waals surface area contributed by atoms with Gasteiger partial charge in [-0.3, -0.25) is 10.5 Å². The van der Waals surface area contributed by atoms with Gasteiger partial charge < -0.3 is 4.90 Å².